The van der Waals surface area contributed by atoms with Crippen LogP contribution in [-0.4, -0.2) is 35.4 Å². The number of aliphatic imine (C=N–C) groups is 1. The number of fused-ring (bicyclic) bond motifs is 1. The summed E-state index contributed by atoms with van der Waals surface area (Å²) in [6.07, 6.45) is 5.42. The molecule has 1 aromatic carbocycles. The van der Waals surface area contributed by atoms with Gasteiger partial charge in [-0.25, -0.2) is 0 Å². The Balaban J connectivity index is 1.57. The second kappa shape index (κ2) is 6.01. The van der Waals surface area contributed by atoms with E-state index in [1.165, 1.54) is 0 Å². The molecule has 0 spiro atoms. The van der Waals surface area contributed by atoms with E-state index in [0.29, 0.717) is 18.7 Å². The first-order valence-corrected chi connectivity index (χ1v) is 7.33. The molecule has 0 aromatic heterocycles. The second-order valence-corrected chi connectivity index (χ2v) is 5.49. The zero-order valence-electron chi connectivity index (χ0n) is 12.2. The van der Waals surface area contributed by atoms with Gasteiger partial charge in [-0.05, 0) is 18.4 Å². The molecule has 1 fully saturated rings. The van der Waals surface area contributed by atoms with Gasteiger partial charge >= 0.3 is 0 Å². The van der Waals surface area contributed by atoms with E-state index in [-0.39, 0.29) is 17.8 Å². The predicted octanol–water partition coefficient (Wildman–Crippen LogP) is 0.977. The van der Waals surface area contributed by atoms with Crippen LogP contribution in [0.1, 0.15) is 24.0 Å². The maximum atomic E-state index is 12.4. The molecule has 6 heteroatoms. The van der Waals surface area contributed by atoms with Gasteiger partial charge in [-0.3, -0.25) is 15.2 Å². The summed E-state index contributed by atoms with van der Waals surface area (Å²) in [5.41, 5.74) is 8.25. The van der Waals surface area contributed by atoms with Gasteiger partial charge in [0.05, 0.1) is 6.54 Å². The second-order valence-electron chi connectivity index (χ2n) is 5.49. The molecule has 1 aromatic rings. The lowest BCUT2D eigenvalue weighted by Gasteiger charge is -2.26. The SMILES string of the molecule is N=C(N)c1ccc(CNC(=O)C2CCC3=CN=CCN32)cc1. The van der Waals surface area contributed by atoms with Crippen LogP contribution in [0.2, 0.25) is 0 Å². The first-order valence-electron chi connectivity index (χ1n) is 7.33. The molecule has 2 aliphatic rings. The number of nitrogen functional groups attached to an aromatic ring is 1. The van der Waals surface area contributed by atoms with Crippen LogP contribution in [0.5, 0.6) is 0 Å². The van der Waals surface area contributed by atoms with Crippen LogP contribution in [-0.2, 0) is 11.3 Å². The number of rotatable bonds is 4. The van der Waals surface area contributed by atoms with E-state index in [1.807, 2.05) is 24.5 Å². The average molecular weight is 297 g/mol. The number of benzene rings is 1. The van der Waals surface area contributed by atoms with E-state index in [4.69, 9.17) is 11.1 Å². The highest BCUT2D eigenvalue weighted by Crippen LogP contribution is 2.28. The van der Waals surface area contributed by atoms with Crippen molar-refractivity contribution in [3.05, 3.63) is 47.3 Å². The minimum atomic E-state index is -0.102. The molecular formula is C16H19N5O. The molecule has 4 N–H and O–H groups in total. The van der Waals surface area contributed by atoms with Crippen molar-refractivity contribution in [2.75, 3.05) is 6.54 Å². The summed E-state index contributed by atoms with van der Waals surface area (Å²) in [6.45, 7) is 1.19. The molecule has 6 nitrogen and oxygen atoms in total. The largest absolute Gasteiger partial charge is 0.384 e. The third-order valence-electron chi connectivity index (χ3n) is 4.06. The van der Waals surface area contributed by atoms with Crippen molar-refractivity contribution in [1.29, 1.82) is 5.41 Å². The predicted molar refractivity (Wildman–Crippen MR) is 85.6 cm³/mol. The summed E-state index contributed by atoms with van der Waals surface area (Å²) in [6, 6.07) is 7.24. The third kappa shape index (κ3) is 2.86. The fraction of sp³-hybridized carbons (Fsp3) is 0.312. The van der Waals surface area contributed by atoms with Crippen LogP contribution < -0.4 is 11.1 Å². The van der Waals surface area contributed by atoms with Crippen LogP contribution >= 0.6 is 0 Å². The Hall–Kier alpha value is -2.63. The number of carbonyl (C=O) groups is 1. The molecule has 2 heterocycles. The van der Waals surface area contributed by atoms with Gasteiger partial charge in [0, 0.05) is 30.2 Å². The summed E-state index contributed by atoms with van der Waals surface area (Å²) >= 11 is 0. The first-order chi connectivity index (χ1) is 10.6. The van der Waals surface area contributed by atoms with E-state index >= 15 is 0 Å². The van der Waals surface area contributed by atoms with Gasteiger partial charge in [-0.1, -0.05) is 24.3 Å². The summed E-state index contributed by atoms with van der Waals surface area (Å²) < 4.78 is 0. The molecule has 1 saturated heterocycles. The lowest BCUT2D eigenvalue weighted by Crippen LogP contribution is -2.43. The molecular weight excluding hydrogens is 278 g/mol. The molecule has 114 valence electrons. The number of nitrogens with one attached hydrogen (secondary N) is 2. The van der Waals surface area contributed by atoms with Crippen LogP contribution in [0.3, 0.4) is 0 Å². The molecule has 0 radical (unpaired) electrons. The molecule has 0 aliphatic carbocycles. The Morgan fingerprint density at radius 2 is 2.18 bits per heavy atom. The van der Waals surface area contributed by atoms with Gasteiger partial charge in [0.1, 0.15) is 11.9 Å². The van der Waals surface area contributed by atoms with Gasteiger partial charge < -0.3 is 16.0 Å². The maximum absolute atomic E-state index is 12.4. The number of amides is 1. The number of carbonyl (C=O) groups excluding carboxylic acids is 1. The number of hydrogen-bond acceptors (Lipinski definition) is 4. The van der Waals surface area contributed by atoms with Crippen LogP contribution in [0.4, 0.5) is 0 Å². The lowest BCUT2D eigenvalue weighted by molar-refractivity contribution is -0.125. The Kier molecular flexibility index (Phi) is 3.91. The number of allylic oxidation sites excluding steroid dienone is 1. The fourth-order valence-electron chi connectivity index (χ4n) is 2.82. The smallest absolute Gasteiger partial charge is 0.242 e. The van der Waals surface area contributed by atoms with Crippen molar-refractivity contribution in [3.63, 3.8) is 0 Å². The van der Waals surface area contributed by atoms with E-state index in [9.17, 15) is 4.79 Å². The Labute approximate surface area is 129 Å². The zero-order chi connectivity index (χ0) is 15.5. The number of amidine groups is 1. The Morgan fingerprint density at radius 3 is 2.91 bits per heavy atom. The minimum absolute atomic E-state index is 0.0487. The third-order valence-corrected chi connectivity index (χ3v) is 4.06. The van der Waals surface area contributed by atoms with Crippen molar-refractivity contribution in [3.8, 4) is 0 Å². The van der Waals surface area contributed by atoms with E-state index in [1.54, 1.807) is 12.1 Å². The highest BCUT2D eigenvalue weighted by Gasteiger charge is 2.33. The molecule has 0 bridgehead atoms. The fourth-order valence-corrected chi connectivity index (χ4v) is 2.82. The van der Waals surface area contributed by atoms with Gasteiger partial charge in [-0.15, -0.1) is 0 Å². The Morgan fingerprint density at radius 1 is 1.41 bits per heavy atom. The molecule has 1 atom stereocenters. The van der Waals surface area contributed by atoms with E-state index < -0.39 is 0 Å². The average Bonchev–Trinajstić information content (AvgIpc) is 2.97. The van der Waals surface area contributed by atoms with Crippen LogP contribution in [0.15, 0.2) is 41.2 Å². The van der Waals surface area contributed by atoms with Crippen LogP contribution in [0.25, 0.3) is 0 Å². The molecule has 0 saturated carbocycles. The standard InChI is InChI=1S/C16H19N5O/c17-15(18)12-3-1-11(2-4-12)9-20-16(22)14-6-5-13-10-19-7-8-21(13)14/h1-4,7,10,14H,5-6,8-9H2,(H3,17,18)(H,20,22). The van der Waals surface area contributed by atoms with Crippen molar-refractivity contribution < 1.29 is 4.79 Å². The van der Waals surface area contributed by atoms with Crippen molar-refractivity contribution in [2.24, 2.45) is 10.7 Å². The van der Waals surface area contributed by atoms with E-state index in [0.717, 1.165) is 24.1 Å². The monoisotopic (exact) mass is 297 g/mol. The lowest BCUT2D eigenvalue weighted by atomic mass is 10.1. The molecule has 3 rings (SSSR count). The van der Waals surface area contributed by atoms with Gasteiger partial charge in [-0.2, -0.15) is 0 Å². The quantitative estimate of drug-likeness (QED) is 0.571. The number of nitrogens with zero attached hydrogens (tertiary/aromatic N) is 2. The van der Waals surface area contributed by atoms with Gasteiger partial charge in [0.2, 0.25) is 5.91 Å². The van der Waals surface area contributed by atoms with Crippen molar-refractivity contribution >= 4 is 18.0 Å². The zero-order valence-corrected chi connectivity index (χ0v) is 12.2. The van der Waals surface area contributed by atoms with Gasteiger partial charge in [0.15, 0.2) is 0 Å². The highest BCUT2D eigenvalue weighted by atomic mass is 16.2. The summed E-state index contributed by atoms with van der Waals surface area (Å²) in [5, 5.41) is 10.3. The molecule has 1 unspecified atom stereocenters. The summed E-state index contributed by atoms with van der Waals surface area (Å²) in [4.78, 5) is 18.6. The first kappa shape index (κ1) is 14.3. The van der Waals surface area contributed by atoms with Crippen LogP contribution in [0, 0.1) is 5.41 Å². The van der Waals surface area contributed by atoms with Crippen molar-refractivity contribution in [2.45, 2.75) is 25.4 Å². The summed E-state index contributed by atoms with van der Waals surface area (Å²) in [5.74, 6) is 0.0990. The molecule has 2 aliphatic heterocycles. The van der Waals surface area contributed by atoms with Gasteiger partial charge in [0.25, 0.3) is 0 Å². The normalized spacial score (nSPS) is 19.5. The topological polar surface area (TPSA) is 94.6 Å². The van der Waals surface area contributed by atoms with Crippen molar-refractivity contribution in [1.82, 2.24) is 10.2 Å². The Bertz CT molecular complexity index is 647. The number of hydrogen-bond donors (Lipinski definition) is 3. The minimum Gasteiger partial charge on any atom is -0.384 e. The molecule has 1 amide bonds. The summed E-state index contributed by atoms with van der Waals surface area (Å²) in [7, 11) is 0. The molecule has 22 heavy (non-hydrogen) atoms. The number of nitrogens with two attached hydrogens (primary N) is 1. The maximum Gasteiger partial charge on any atom is 0.242 e. The van der Waals surface area contributed by atoms with E-state index in [2.05, 4.69) is 15.2 Å². The highest BCUT2D eigenvalue weighted by molar-refractivity contribution is 5.94.